The molecule has 3 aromatic rings. The Hall–Kier alpha value is -4.20. The average molecular weight is 432 g/mol. The molecule has 0 aliphatic rings. The third kappa shape index (κ3) is 6.15. The summed E-state index contributed by atoms with van der Waals surface area (Å²) in [6.07, 6.45) is -0.717. The molecule has 0 saturated heterocycles. The second kappa shape index (κ2) is 10.7. The molecular formula is C24H24N4O4. The third-order valence-electron chi connectivity index (χ3n) is 4.47. The van der Waals surface area contributed by atoms with E-state index in [0.29, 0.717) is 11.4 Å². The fourth-order valence-electron chi connectivity index (χ4n) is 2.82. The van der Waals surface area contributed by atoms with Crippen molar-refractivity contribution >= 4 is 29.3 Å². The summed E-state index contributed by atoms with van der Waals surface area (Å²) in [6, 6.07) is 21.2. The molecule has 3 rings (SSSR count). The number of rotatable bonds is 8. The molecule has 1 aromatic heterocycles. The molecule has 164 valence electrons. The minimum absolute atomic E-state index is 0.0972. The van der Waals surface area contributed by atoms with E-state index >= 15 is 0 Å². The number of ketones is 1. The number of alkyl carbamates (subject to hydrolysis) is 1. The molecule has 2 amide bonds. The molecule has 8 nitrogen and oxygen atoms in total. The Balaban J connectivity index is 1.64. The van der Waals surface area contributed by atoms with Crippen LogP contribution in [0.4, 0.5) is 16.3 Å². The lowest BCUT2D eigenvalue weighted by atomic mass is 10.1. The summed E-state index contributed by atoms with van der Waals surface area (Å²) >= 11 is 0. The first kappa shape index (κ1) is 22.5. The Labute approximate surface area is 186 Å². The molecule has 0 radical (unpaired) electrons. The first-order valence-corrected chi connectivity index (χ1v) is 9.96. The van der Waals surface area contributed by atoms with Gasteiger partial charge in [0.15, 0.2) is 0 Å². The molecule has 2 N–H and O–H groups in total. The average Bonchev–Trinajstić information content (AvgIpc) is 2.82. The molecule has 8 heteroatoms. The van der Waals surface area contributed by atoms with Crippen LogP contribution in [0.2, 0.25) is 0 Å². The zero-order valence-electron chi connectivity index (χ0n) is 17.9. The quantitative estimate of drug-likeness (QED) is 0.530. The van der Waals surface area contributed by atoms with Gasteiger partial charge in [-0.1, -0.05) is 60.7 Å². The van der Waals surface area contributed by atoms with Gasteiger partial charge in [-0.25, -0.2) is 9.78 Å². The number of hydrogen-bond acceptors (Lipinski definition) is 6. The Morgan fingerprint density at radius 1 is 0.906 bits per heavy atom. The zero-order valence-corrected chi connectivity index (χ0v) is 17.9. The standard InChI is InChI=1S/C24H24N4O4/c1-28(2)20-14-13-19(22(27-20)23(30)18-11-7-4-8-12-18)26-21(29)15-25-24(31)32-16-17-9-5-3-6-10-17/h3-14H,15-16H2,1-2H3,(H,25,31)(H,26,29). The highest BCUT2D eigenvalue weighted by molar-refractivity contribution is 6.12. The molecule has 1 heterocycles. The number of nitrogens with one attached hydrogen (secondary N) is 2. The van der Waals surface area contributed by atoms with Crippen LogP contribution in [0.3, 0.4) is 0 Å². The molecule has 0 aliphatic carbocycles. The van der Waals surface area contributed by atoms with Crippen LogP contribution in [0.1, 0.15) is 21.6 Å². The largest absolute Gasteiger partial charge is 0.445 e. The van der Waals surface area contributed by atoms with Crippen LogP contribution in [-0.4, -0.2) is 43.4 Å². The van der Waals surface area contributed by atoms with Gasteiger partial charge in [-0.3, -0.25) is 9.59 Å². The van der Waals surface area contributed by atoms with Gasteiger partial charge in [0.2, 0.25) is 11.7 Å². The lowest BCUT2D eigenvalue weighted by Crippen LogP contribution is -2.33. The van der Waals surface area contributed by atoms with Crippen LogP contribution in [-0.2, 0) is 16.1 Å². The maximum Gasteiger partial charge on any atom is 0.407 e. The maximum absolute atomic E-state index is 13.0. The van der Waals surface area contributed by atoms with Crippen molar-refractivity contribution in [1.82, 2.24) is 10.3 Å². The van der Waals surface area contributed by atoms with Crippen molar-refractivity contribution in [2.24, 2.45) is 0 Å². The fourth-order valence-corrected chi connectivity index (χ4v) is 2.82. The Bertz CT molecular complexity index is 1090. The number of amides is 2. The first-order valence-electron chi connectivity index (χ1n) is 9.96. The van der Waals surface area contributed by atoms with Crippen molar-refractivity contribution in [1.29, 1.82) is 0 Å². The predicted octanol–water partition coefficient (Wildman–Crippen LogP) is 3.24. The monoisotopic (exact) mass is 432 g/mol. The van der Waals surface area contributed by atoms with Crippen molar-refractivity contribution in [3.8, 4) is 0 Å². The van der Waals surface area contributed by atoms with E-state index in [2.05, 4.69) is 15.6 Å². The molecule has 0 bridgehead atoms. The minimum Gasteiger partial charge on any atom is -0.445 e. The molecule has 0 atom stereocenters. The number of carbonyl (C=O) groups is 3. The fraction of sp³-hybridized carbons (Fsp3) is 0.167. The molecule has 0 saturated carbocycles. The predicted molar refractivity (Wildman–Crippen MR) is 122 cm³/mol. The summed E-state index contributed by atoms with van der Waals surface area (Å²) in [7, 11) is 3.62. The summed E-state index contributed by atoms with van der Waals surface area (Å²) < 4.78 is 5.09. The molecule has 0 unspecified atom stereocenters. The summed E-state index contributed by atoms with van der Waals surface area (Å²) in [6.45, 7) is -0.220. The van der Waals surface area contributed by atoms with Gasteiger partial charge in [0.25, 0.3) is 0 Å². The molecule has 0 aliphatic heterocycles. The number of pyridine rings is 1. The van der Waals surface area contributed by atoms with Gasteiger partial charge in [0.1, 0.15) is 24.7 Å². The number of nitrogens with zero attached hydrogens (tertiary/aromatic N) is 2. The smallest absolute Gasteiger partial charge is 0.407 e. The van der Waals surface area contributed by atoms with E-state index in [4.69, 9.17) is 4.74 Å². The summed E-state index contributed by atoms with van der Waals surface area (Å²) in [5.74, 6) is -0.257. The van der Waals surface area contributed by atoms with Gasteiger partial charge in [0, 0.05) is 19.7 Å². The second-order valence-electron chi connectivity index (χ2n) is 7.12. The lowest BCUT2D eigenvalue weighted by molar-refractivity contribution is -0.115. The number of benzene rings is 2. The van der Waals surface area contributed by atoms with Gasteiger partial charge < -0.3 is 20.3 Å². The zero-order chi connectivity index (χ0) is 22.9. The van der Waals surface area contributed by atoms with Gasteiger partial charge in [-0.2, -0.15) is 0 Å². The van der Waals surface area contributed by atoms with Crippen molar-refractivity contribution in [3.05, 3.63) is 89.6 Å². The Morgan fingerprint density at radius 2 is 1.56 bits per heavy atom. The van der Waals surface area contributed by atoms with Crippen LogP contribution >= 0.6 is 0 Å². The van der Waals surface area contributed by atoms with Gasteiger partial charge in [0.05, 0.1) is 5.69 Å². The van der Waals surface area contributed by atoms with Crippen LogP contribution in [0.15, 0.2) is 72.8 Å². The highest BCUT2D eigenvalue weighted by atomic mass is 16.5. The molecule has 2 aromatic carbocycles. The molecule has 32 heavy (non-hydrogen) atoms. The Morgan fingerprint density at radius 3 is 2.22 bits per heavy atom. The van der Waals surface area contributed by atoms with Crippen LogP contribution in [0.5, 0.6) is 0 Å². The first-order chi connectivity index (χ1) is 15.4. The lowest BCUT2D eigenvalue weighted by Gasteiger charge is -2.16. The summed E-state index contributed by atoms with van der Waals surface area (Å²) in [5, 5.41) is 5.04. The highest BCUT2D eigenvalue weighted by Gasteiger charge is 2.19. The SMILES string of the molecule is CN(C)c1ccc(NC(=O)CNC(=O)OCc2ccccc2)c(C(=O)c2ccccc2)n1. The molecule has 0 spiro atoms. The van der Waals surface area contributed by atoms with E-state index in [9.17, 15) is 14.4 Å². The summed E-state index contributed by atoms with van der Waals surface area (Å²) in [5.41, 5.74) is 1.66. The van der Waals surface area contributed by atoms with Gasteiger partial charge in [-0.15, -0.1) is 0 Å². The number of anilines is 2. The van der Waals surface area contributed by atoms with E-state index in [-0.39, 0.29) is 30.3 Å². The topological polar surface area (TPSA) is 101 Å². The number of hydrogen-bond donors (Lipinski definition) is 2. The van der Waals surface area contributed by atoms with Crippen molar-refractivity contribution in [3.63, 3.8) is 0 Å². The van der Waals surface area contributed by atoms with E-state index in [1.807, 2.05) is 50.5 Å². The van der Waals surface area contributed by atoms with E-state index < -0.39 is 12.0 Å². The van der Waals surface area contributed by atoms with Gasteiger partial charge in [-0.05, 0) is 17.7 Å². The van der Waals surface area contributed by atoms with E-state index in [0.717, 1.165) is 5.56 Å². The maximum atomic E-state index is 13.0. The van der Waals surface area contributed by atoms with Crippen LogP contribution < -0.4 is 15.5 Å². The Kier molecular flexibility index (Phi) is 7.53. The van der Waals surface area contributed by atoms with Gasteiger partial charge >= 0.3 is 6.09 Å². The van der Waals surface area contributed by atoms with Crippen molar-refractivity contribution in [2.45, 2.75) is 6.61 Å². The van der Waals surface area contributed by atoms with E-state index in [1.165, 1.54) is 0 Å². The third-order valence-corrected chi connectivity index (χ3v) is 4.47. The molecular weight excluding hydrogens is 408 g/mol. The number of ether oxygens (including phenoxy) is 1. The van der Waals surface area contributed by atoms with E-state index in [1.54, 1.807) is 41.3 Å². The second-order valence-corrected chi connectivity index (χ2v) is 7.12. The van der Waals surface area contributed by atoms with Crippen molar-refractivity contribution < 1.29 is 19.1 Å². The molecule has 0 fully saturated rings. The number of carbonyl (C=O) groups excluding carboxylic acids is 3. The minimum atomic E-state index is -0.717. The normalized spacial score (nSPS) is 10.2. The van der Waals surface area contributed by atoms with Crippen LogP contribution in [0.25, 0.3) is 0 Å². The summed E-state index contributed by atoms with van der Waals surface area (Å²) in [4.78, 5) is 43.4. The van der Waals surface area contributed by atoms with Crippen LogP contribution in [0, 0.1) is 0 Å². The number of aromatic nitrogens is 1. The highest BCUT2D eigenvalue weighted by Crippen LogP contribution is 2.21. The van der Waals surface area contributed by atoms with Crippen molar-refractivity contribution in [2.75, 3.05) is 30.9 Å².